The maximum Gasteiger partial charge on any atom is 0.227 e. The first kappa shape index (κ1) is 17.5. The summed E-state index contributed by atoms with van der Waals surface area (Å²) < 4.78 is 5.80. The van der Waals surface area contributed by atoms with Gasteiger partial charge in [-0.05, 0) is 42.4 Å². The van der Waals surface area contributed by atoms with Crippen LogP contribution in [0.1, 0.15) is 32.8 Å². The van der Waals surface area contributed by atoms with E-state index in [2.05, 4.69) is 31.1 Å². The SMILES string of the molecule is CC1CC(C(=O)Nc2cccc(OCc3cccnc3)c2)C(C)C1C. The number of carbonyl (C=O) groups is 1. The second kappa shape index (κ2) is 7.68. The molecule has 0 spiro atoms. The molecule has 1 aromatic carbocycles. The van der Waals surface area contributed by atoms with Crippen molar-refractivity contribution in [3.8, 4) is 5.75 Å². The Morgan fingerprint density at radius 1 is 1.20 bits per heavy atom. The van der Waals surface area contributed by atoms with Crippen molar-refractivity contribution in [1.82, 2.24) is 4.98 Å². The van der Waals surface area contributed by atoms with Crippen molar-refractivity contribution in [2.75, 3.05) is 5.32 Å². The molecule has 1 aromatic heterocycles. The van der Waals surface area contributed by atoms with Crippen LogP contribution in [0.25, 0.3) is 0 Å². The normalized spacial score (nSPS) is 25.6. The van der Waals surface area contributed by atoms with Gasteiger partial charge in [-0.15, -0.1) is 0 Å². The van der Waals surface area contributed by atoms with Crippen LogP contribution in [0.5, 0.6) is 5.75 Å². The molecule has 1 amide bonds. The van der Waals surface area contributed by atoms with Gasteiger partial charge in [-0.3, -0.25) is 9.78 Å². The smallest absolute Gasteiger partial charge is 0.227 e. The van der Waals surface area contributed by atoms with Gasteiger partial charge in [-0.1, -0.05) is 32.9 Å². The summed E-state index contributed by atoms with van der Waals surface area (Å²) in [5.74, 6) is 2.55. The summed E-state index contributed by atoms with van der Waals surface area (Å²) in [4.78, 5) is 16.7. The van der Waals surface area contributed by atoms with E-state index in [0.29, 0.717) is 24.4 Å². The Labute approximate surface area is 149 Å². The lowest BCUT2D eigenvalue weighted by molar-refractivity contribution is -0.120. The molecule has 1 aliphatic rings. The van der Waals surface area contributed by atoms with E-state index in [4.69, 9.17) is 4.74 Å². The van der Waals surface area contributed by atoms with Crippen molar-refractivity contribution in [1.29, 1.82) is 0 Å². The maximum absolute atomic E-state index is 12.6. The van der Waals surface area contributed by atoms with Gasteiger partial charge in [0.05, 0.1) is 0 Å². The lowest BCUT2D eigenvalue weighted by Gasteiger charge is -2.18. The molecule has 4 atom stereocenters. The number of carbonyl (C=O) groups excluding carboxylic acids is 1. The van der Waals surface area contributed by atoms with E-state index in [0.717, 1.165) is 23.4 Å². The average Bonchev–Trinajstić information content (AvgIpc) is 2.89. The van der Waals surface area contributed by atoms with E-state index in [-0.39, 0.29) is 11.8 Å². The number of hydrogen-bond donors (Lipinski definition) is 1. The highest BCUT2D eigenvalue weighted by Crippen LogP contribution is 2.41. The van der Waals surface area contributed by atoms with Crippen LogP contribution in [0.2, 0.25) is 0 Å². The van der Waals surface area contributed by atoms with Crippen molar-refractivity contribution in [3.05, 3.63) is 54.4 Å². The van der Waals surface area contributed by atoms with Crippen molar-refractivity contribution >= 4 is 11.6 Å². The summed E-state index contributed by atoms with van der Waals surface area (Å²) in [6.07, 6.45) is 4.49. The Morgan fingerprint density at radius 3 is 2.72 bits per heavy atom. The third kappa shape index (κ3) is 4.19. The highest BCUT2D eigenvalue weighted by atomic mass is 16.5. The highest BCUT2D eigenvalue weighted by molar-refractivity contribution is 5.93. The Morgan fingerprint density at radius 2 is 2.04 bits per heavy atom. The minimum atomic E-state index is 0.0879. The number of pyridine rings is 1. The van der Waals surface area contributed by atoms with Crippen LogP contribution in [0.15, 0.2) is 48.8 Å². The lowest BCUT2D eigenvalue weighted by atomic mass is 9.90. The molecule has 0 saturated heterocycles. The van der Waals surface area contributed by atoms with Gasteiger partial charge in [0, 0.05) is 35.6 Å². The number of ether oxygens (including phenoxy) is 1. The van der Waals surface area contributed by atoms with Gasteiger partial charge in [-0.25, -0.2) is 0 Å². The van der Waals surface area contributed by atoms with Gasteiger partial charge in [0.2, 0.25) is 5.91 Å². The zero-order chi connectivity index (χ0) is 17.8. The molecule has 4 unspecified atom stereocenters. The second-order valence-electron chi connectivity index (χ2n) is 7.20. The van der Waals surface area contributed by atoms with E-state index in [9.17, 15) is 4.79 Å². The number of nitrogens with one attached hydrogen (secondary N) is 1. The molecule has 1 heterocycles. The molecule has 3 rings (SSSR count). The van der Waals surface area contributed by atoms with E-state index >= 15 is 0 Å². The minimum Gasteiger partial charge on any atom is -0.489 e. The first-order chi connectivity index (χ1) is 12.0. The van der Waals surface area contributed by atoms with Gasteiger partial charge in [-0.2, -0.15) is 0 Å². The number of amides is 1. The number of hydrogen-bond acceptors (Lipinski definition) is 3. The topological polar surface area (TPSA) is 51.2 Å². The van der Waals surface area contributed by atoms with Crippen LogP contribution in [0, 0.1) is 23.7 Å². The predicted molar refractivity (Wildman–Crippen MR) is 99.2 cm³/mol. The van der Waals surface area contributed by atoms with Gasteiger partial charge < -0.3 is 10.1 Å². The largest absolute Gasteiger partial charge is 0.489 e. The summed E-state index contributed by atoms with van der Waals surface area (Å²) in [7, 11) is 0. The molecule has 1 N–H and O–H groups in total. The molecule has 1 aliphatic carbocycles. The van der Waals surface area contributed by atoms with Crippen molar-refractivity contribution < 1.29 is 9.53 Å². The lowest BCUT2D eigenvalue weighted by Crippen LogP contribution is -2.25. The van der Waals surface area contributed by atoms with Gasteiger partial charge in [0.25, 0.3) is 0 Å². The molecule has 0 aliphatic heterocycles. The number of nitrogens with zero attached hydrogens (tertiary/aromatic N) is 1. The van der Waals surface area contributed by atoms with Crippen LogP contribution < -0.4 is 10.1 Å². The molecule has 2 aromatic rings. The second-order valence-corrected chi connectivity index (χ2v) is 7.20. The van der Waals surface area contributed by atoms with Gasteiger partial charge >= 0.3 is 0 Å². The fraction of sp³-hybridized carbons (Fsp3) is 0.429. The molecule has 132 valence electrons. The van der Waals surface area contributed by atoms with Crippen LogP contribution in [-0.2, 0) is 11.4 Å². The van der Waals surface area contributed by atoms with Crippen molar-refractivity contribution in [2.24, 2.45) is 23.7 Å². The highest BCUT2D eigenvalue weighted by Gasteiger charge is 2.39. The minimum absolute atomic E-state index is 0.0879. The molecule has 25 heavy (non-hydrogen) atoms. The predicted octanol–water partition coefficient (Wildman–Crippen LogP) is 4.53. The van der Waals surface area contributed by atoms with Crippen LogP contribution >= 0.6 is 0 Å². The molecule has 1 fully saturated rings. The summed E-state index contributed by atoms with van der Waals surface area (Å²) in [5.41, 5.74) is 1.80. The molecule has 4 heteroatoms. The standard InChI is InChI=1S/C21H26N2O2/c1-14-10-20(16(3)15(14)2)21(24)23-18-7-4-8-19(11-18)25-13-17-6-5-9-22-12-17/h4-9,11-12,14-16,20H,10,13H2,1-3H3,(H,23,24). The third-order valence-electron chi connectivity index (χ3n) is 5.55. The molecule has 1 saturated carbocycles. The van der Waals surface area contributed by atoms with Gasteiger partial charge in [0.1, 0.15) is 12.4 Å². The maximum atomic E-state index is 12.6. The van der Waals surface area contributed by atoms with Crippen molar-refractivity contribution in [3.63, 3.8) is 0 Å². The van der Waals surface area contributed by atoms with Crippen LogP contribution in [0.3, 0.4) is 0 Å². The monoisotopic (exact) mass is 338 g/mol. The Balaban J connectivity index is 1.61. The Hall–Kier alpha value is -2.36. The number of benzene rings is 1. The fourth-order valence-corrected chi connectivity index (χ4v) is 3.61. The van der Waals surface area contributed by atoms with E-state index in [1.807, 2.05) is 36.4 Å². The first-order valence-electron chi connectivity index (χ1n) is 8.97. The summed E-state index contributed by atoms with van der Waals surface area (Å²) in [6.45, 7) is 7.13. The van der Waals surface area contributed by atoms with Crippen LogP contribution in [0.4, 0.5) is 5.69 Å². The summed E-state index contributed by atoms with van der Waals surface area (Å²) in [5, 5.41) is 3.06. The fourth-order valence-electron chi connectivity index (χ4n) is 3.61. The summed E-state index contributed by atoms with van der Waals surface area (Å²) in [6, 6.07) is 11.4. The molecule has 0 bridgehead atoms. The van der Waals surface area contributed by atoms with Crippen molar-refractivity contribution in [2.45, 2.75) is 33.8 Å². The quantitative estimate of drug-likeness (QED) is 0.871. The zero-order valence-electron chi connectivity index (χ0n) is 15.1. The summed E-state index contributed by atoms with van der Waals surface area (Å²) >= 11 is 0. The number of rotatable bonds is 5. The third-order valence-corrected chi connectivity index (χ3v) is 5.55. The van der Waals surface area contributed by atoms with E-state index in [1.54, 1.807) is 12.4 Å². The van der Waals surface area contributed by atoms with E-state index in [1.165, 1.54) is 0 Å². The molecular formula is C21H26N2O2. The first-order valence-corrected chi connectivity index (χ1v) is 8.97. The number of aromatic nitrogens is 1. The Bertz CT molecular complexity index is 717. The van der Waals surface area contributed by atoms with Crippen LogP contribution in [-0.4, -0.2) is 10.9 Å². The van der Waals surface area contributed by atoms with Gasteiger partial charge in [0.15, 0.2) is 0 Å². The van der Waals surface area contributed by atoms with E-state index < -0.39 is 0 Å². The number of anilines is 1. The molecule has 0 radical (unpaired) electrons. The average molecular weight is 338 g/mol. The molecular weight excluding hydrogens is 312 g/mol. The Kier molecular flexibility index (Phi) is 5.37. The molecule has 4 nitrogen and oxygen atoms in total. The zero-order valence-corrected chi connectivity index (χ0v) is 15.1.